The first-order valence-electron chi connectivity index (χ1n) is 7.38. The van der Waals surface area contributed by atoms with E-state index >= 15 is 0 Å². The van der Waals surface area contributed by atoms with Gasteiger partial charge in [-0.2, -0.15) is 10.1 Å². The maximum absolute atomic E-state index is 12.3. The number of aromatic amines is 1. The Morgan fingerprint density at radius 1 is 1.36 bits per heavy atom. The summed E-state index contributed by atoms with van der Waals surface area (Å²) in [4.78, 5) is 34.7. The van der Waals surface area contributed by atoms with Crippen LogP contribution in [0.1, 0.15) is 22.8 Å². The molecule has 0 aliphatic carbocycles. The minimum atomic E-state index is -0.745. The highest BCUT2D eigenvalue weighted by Crippen LogP contribution is 2.18. The predicted molar refractivity (Wildman–Crippen MR) is 93.6 cm³/mol. The van der Waals surface area contributed by atoms with E-state index in [2.05, 4.69) is 30.5 Å². The van der Waals surface area contributed by atoms with Crippen LogP contribution in [0.25, 0.3) is 0 Å². The molecule has 0 fully saturated rings. The summed E-state index contributed by atoms with van der Waals surface area (Å²) in [5.41, 5.74) is 0.0921. The number of anilines is 1. The highest BCUT2D eigenvalue weighted by Gasteiger charge is 2.19. The van der Waals surface area contributed by atoms with Gasteiger partial charge in [0.25, 0.3) is 11.5 Å². The molecule has 128 valence electrons. The lowest BCUT2D eigenvalue weighted by molar-refractivity contribution is 0.102. The average molecular weight is 358 g/mol. The Kier molecular flexibility index (Phi) is 4.89. The number of carbonyl (C=O) groups excluding carboxylic acids is 1. The number of benzene rings is 1. The molecule has 1 aliphatic rings. The SMILES string of the molecule is CCSc1nc(O)c(C(=O)Nc2ccc(C3=NCN=N3)cc2)c(=O)[nH]1. The van der Waals surface area contributed by atoms with Crippen molar-refractivity contribution in [2.24, 2.45) is 15.2 Å². The third kappa shape index (κ3) is 3.74. The van der Waals surface area contributed by atoms with Crippen LogP contribution in [0.5, 0.6) is 5.88 Å². The fraction of sp³-hybridized carbons (Fsp3) is 0.200. The minimum Gasteiger partial charge on any atom is -0.493 e. The predicted octanol–water partition coefficient (Wildman–Crippen LogP) is 2.01. The summed E-state index contributed by atoms with van der Waals surface area (Å²) < 4.78 is 0. The van der Waals surface area contributed by atoms with Crippen LogP contribution < -0.4 is 10.9 Å². The molecule has 0 atom stereocenters. The molecular formula is C15H14N6O3S. The first-order chi connectivity index (χ1) is 12.1. The first-order valence-corrected chi connectivity index (χ1v) is 8.37. The fourth-order valence-corrected chi connectivity index (χ4v) is 2.71. The second-order valence-electron chi connectivity index (χ2n) is 4.90. The topological polar surface area (TPSA) is 132 Å². The van der Waals surface area contributed by atoms with Gasteiger partial charge in [-0.3, -0.25) is 9.59 Å². The Hall–Kier alpha value is -3.01. The summed E-state index contributed by atoms with van der Waals surface area (Å²) in [6.45, 7) is 2.19. The zero-order chi connectivity index (χ0) is 17.8. The van der Waals surface area contributed by atoms with Gasteiger partial charge in [0.2, 0.25) is 5.88 Å². The van der Waals surface area contributed by atoms with Gasteiger partial charge < -0.3 is 15.4 Å². The molecule has 0 radical (unpaired) electrons. The molecule has 2 heterocycles. The van der Waals surface area contributed by atoms with Gasteiger partial charge in [-0.1, -0.05) is 18.7 Å². The molecule has 1 aliphatic heterocycles. The van der Waals surface area contributed by atoms with E-state index in [-0.39, 0.29) is 5.16 Å². The van der Waals surface area contributed by atoms with Crippen molar-refractivity contribution >= 4 is 29.2 Å². The van der Waals surface area contributed by atoms with Crippen LogP contribution in [-0.4, -0.2) is 39.2 Å². The number of azo groups is 1. The van der Waals surface area contributed by atoms with E-state index in [0.29, 0.717) is 23.9 Å². The van der Waals surface area contributed by atoms with Gasteiger partial charge in [-0.25, -0.2) is 4.99 Å². The zero-order valence-electron chi connectivity index (χ0n) is 13.2. The number of carbonyl (C=O) groups is 1. The third-order valence-electron chi connectivity index (χ3n) is 3.24. The third-order valence-corrected chi connectivity index (χ3v) is 3.99. The average Bonchev–Trinajstić information content (AvgIpc) is 3.09. The maximum atomic E-state index is 12.3. The number of aromatic nitrogens is 2. The van der Waals surface area contributed by atoms with E-state index in [1.165, 1.54) is 11.8 Å². The van der Waals surface area contributed by atoms with E-state index in [0.717, 1.165) is 5.56 Å². The lowest BCUT2D eigenvalue weighted by atomic mass is 10.2. The molecule has 0 saturated heterocycles. The van der Waals surface area contributed by atoms with Crippen molar-refractivity contribution in [3.05, 3.63) is 45.7 Å². The number of hydrogen-bond acceptors (Lipinski definition) is 8. The molecule has 0 saturated carbocycles. The van der Waals surface area contributed by atoms with Crippen LogP contribution in [0, 0.1) is 0 Å². The number of thioether (sulfide) groups is 1. The summed E-state index contributed by atoms with van der Waals surface area (Å²) in [5, 5.41) is 20.4. The van der Waals surface area contributed by atoms with Crippen LogP contribution in [-0.2, 0) is 0 Å². The van der Waals surface area contributed by atoms with Crippen molar-refractivity contribution in [3.63, 3.8) is 0 Å². The number of H-pyrrole nitrogens is 1. The monoisotopic (exact) mass is 358 g/mol. The van der Waals surface area contributed by atoms with Gasteiger partial charge in [-0.15, -0.1) is 5.11 Å². The maximum Gasteiger partial charge on any atom is 0.268 e. The molecule has 0 spiro atoms. The van der Waals surface area contributed by atoms with E-state index in [1.54, 1.807) is 24.3 Å². The van der Waals surface area contributed by atoms with Gasteiger partial charge in [-0.05, 0) is 30.0 Å². The molecule has 1 aromatic heterocycles. The number of aromatic hydroxyl groups is 1. The molecule has 10 heteroatoms. The molecular weight excluding hydrogens is 344 g/mol. The van der Waals surface area contributed by atoms with Crippen LogP contribution in [0.2, 0.25) is 0 Å². The summed E-state index contributed by atoms with van der Waals surface area (Å²) in [6, 6.07) is 6.73. The Morgan fingerprint density at radius 2 is 2.12 bits per heavy atom. The second kappa shape index (κ2) is 7.26. The molecule has 9 nitrogen and oxygen atoms in total. The zero-order valence-corrected chi connectivity index (χ0v) is 14.0. The van der Waals surface area contributed by atoms with Crippen LogP contribution in [0.4, 0.5) is 5.69 Å². The molecule has 25 heavy (non-hydrogen) atoms. The molecule has 3 rings (SSSR count). The van der Waals surface area contributed by atoms with E-state index in [9.17, 15) is 14.7 Å². The van der Waals surface area contributed by atoms with Crippen molar-refractivity contribution in [1.29, 1.82) is 0 Å². The number of rotatable bonds is 5. The highest BCUT2D eigenvalue weighted by molar-refractivity contribution is 7.99. The van der Waals surface area contributed by atoms with Gasteiger partial charge in [0.1, 0.15) is 0 Å². The van der Waals surface area contributed by atoms with Crippen LogP contribution in [0.3, 0.4) is 0 Å². The summed E-state index contributed by atoms with van der Waals surface area (Å²) in [7, 11) is 0. The summed E-state index contributed by atoms with van der Waals surface area (Å²) in [5.74, 6) is -0.148. The number of hydrogen-bond donors (Lipinski definition) is 3. The number of aliphatic imine (C=N–C) groups is 1. The minimum absolute atomic E-state index is 0.261. The number of amides is 1. The number of nitrogens with zero attached hydrogens (tertiary/aromatic N) is 4. The molecule has 3 N–H and O–H groups in total. The number of amidine groups is 1. The van der Waals surface area contributed by atoms with Crippen molar-refractivity contribution in [1.82, 2.24) is 9.97 Å². The molecule has 0 unspecified atom stereocenters. The normalized spacial score (nSPS) is 12.9. The molecule has 1 aromatic carbocycles. The van der Waals surface area contributed by atoms with Crippen LogP contribution in [0.15, 0.2) is 49.4 Å². The Balaban J connectivity index is 1.78. The van der Waals surface area contributed by atoms with Gasteiger partial charge >= 0.3 is 0 Å². The largest absolute Gasteiger partial charge is 0.493 e. The van der Waals surface area contributed by atoms with E-state index in [4.69, 9.17) is 0 Å². The van der Waals surface area contributed by atoms with Crippen molar-refractivity contribution in [2.45, 2.75) is 12.1 Å². The lowest BCUT2D eigenvalue weighted by Crippen LogP contribution is -2.24. The fourth-order valence-electron chi connectivity index (χ4n) is 2.13. The summed E-state index contributed by atoms with van der Waals surface area (Å²) >= 11 is 1.26. The smallest absolute Gasteiger partial charge is 0.268 e. The number of nitrogens with one attached hydrogen (secondary N) is 2. The molecule has 0 bridgehead atoms. The Bertz CT molecular complexity index is 920. The van der Waals surface area contributed by atoms with Crippen molar-refractivity contribution < 1.29 is 9.90 Å². The summed E-state index contributed by atoms with van der Waals surface area (Å²) in [6.07, 6.45) is 0. The lowest BCUT2D eigenvalue weighted by Gasteiger charge is -2.07. The quantitative estimate of drug-likeness (QED) is 0.555. The first kappa shape index (κ1) is 16.8. The molecule has 2 aromatic rings. The Morgan fingerprint density at radius 3 is 2.72 bits per heavy atom. The van der Waals surface area contributed by atoms with Gasteiger partial charge in [0.05, 0.1) is 0 Å². The van der Waals surface area contributed by atoms with E-state index < -0.39 is 22.9 Å². The van der Waals surface area contributed by atoms with Crippen molar-refractivity contribution in [3.8, 4) is 5.88 Å². The molecule has 1 amide bonds. The second-order valence-corrected chi connectivity index (χ2v) is 6.15. The highest BCUT2D eigenvalue weighted by atomic mass is 32.2. The Labute approximate surface area is 146 Å². The van der Waals surface area contributed by atoms with Crippen molar-refractivity contribution in [2.75, 3.05) is 17.7 Å². The van der Waals surface area contributed by atoms with Gasteiger partial charge in [0, 0.05) is 11.3 Å². The van der Waals surface area contributed by atoms with Gasteiger partial charge in [0.15, 0.2) is 23.2 Å². The van der Waals surface area contributed by atoms with Crippen LogP contribution >= 0.6 is 11.8 Å². The standard InChI is InChI=1S/C15H14N6O3S/c1-2-25-15-19-13(23)10(14(24)20-15)12(22)18-9-5-3-8(4-6-9)11-16-7-17-21-11/h3-6H,2,7H2,1H3,(H,18,22)(H2,19,20,23,24). The van der Waals surface area contributed by atoms with E-state index in [1.807, 2.05) is 6.92 Å².